The summed E-state index contributed by atoms with van der Waals surface area (Å²) >= 11 is 0. The molecule has 0 saturated heterocycles. The fraction of sp³-hybridized carbons (Fsp3) is 0.381. The summed E-state index contributed by atoms with van der Waals surface area (Å²) in [7, 11) is 1.70. The molecule has 152 valence electrons. The van der Waals surface area contributed by atoms with Crippen LogP contribution in [0.2, 0.25) is 0 Å². The normalized spacial score (nSPS) is 15.5. The Morgan fingerprint density at radius 3 is 2.54 bits per heavy atom. The zero-order valence-corrected chi connectivity index (χ0v) is 18.6. The second kappa shape index (κ2) is 11.8. The largest absolute Gasteiger partial charge is 0.486 e. The summed E-state index contributed by atoms with van der Waals surface area (Å²) in [5, 5.41) is 6.62. The molecular weight excluding hydrogens is 469 g/mol. The number of rotatable bonds is 7. The number of ether oxygens (including phenoxy) is 3. The van der Waals surface area contributed by atoms with Crippen molar-refractivity contribution in [1.29, 1.82) is 0 Å². The summed E-state index contributed by atoms with van der Waals surface area (Å²) in [5.74, 6) is 2.34. The quantitative estimate of drug-likeness (QED) is 0.349. The molecule has 1 aliphatic rings. The smallest absolute Gasteiger partial charge is 0.191 e. The van der Waals surface area contributed by atoms with Crippen LogP contribution in [0.5, 0.6) is 11.5 Å². The van der Waals surface area contributed by atoms with Gasteiger partial charge in [0.2, 0.25) is 0 Å². The Morgan fingerprint density at radius 2 is 1.79 bits per heavy atom. The molecule has 7 heteroatoms. The van der Waals surface area contributed by atoms with Gasteiger partial charge in [-0.2, -0.15) is 0 Å². The molecule has 0 spiro atoms. The van der Waals surface area contributed by atoms with Crippen molar-refractivity contribution in [1.82, 2.24) is 10.6 Å². The fourth-order valence-electron chi connectivity index (χ4n) is 2.89. The van der Waals surface area contributed by atoms with Gasteiger partial charge in [-0.05, 0) is 30.2 Å². The average Bonchev–Trinajstić information content (AvgIpc) is 2.71. The van der Waals surface area contributed by atoms with Gasteiger partial charge in [-0.3, -0.25) is 0 Å². The number of halogens is 1. The van der Waals surface area contributed by atoms with Crippen molar-refractivity contribution in [3.63, 3.8) is 0 Å². The van der Waals surface area contributed by atoms with E-state index < -0.39 is 0 Å². The van der Waals surface area contributed by atoms with Crippen LogP contribution >= 0.6 is 24.0 Å². The Balaban J connectivity index is 0.00000280. The van der Waals surface area contributed by atoms with Crippen molar-refractivity contribution in [2.45, 2.75) is 26.2 Å². The zero-order chi connectivity index (χ0) is 18.9. The maximum absolute atomic E-state index is 5.99. The molecular formula is C21H28IN3O3. The summed E-state index contributed by atoms with van der Waals surface area (Å²) in [5.41, 5.74) is 2.31. The molecule has 1 atom stereocenters. The molecule has 0 aliphatic carbocycles. The fourth-order valence-corrected chi connectivity index (χ4v) is 2.89. The number of hydrogen-bond donors (Lipinski definition) is 2. The van der Waals surface area contributed by atoms with Crippen molar-refractivity contribution in [3.05, 3.63) is 59.7 Å². The van der Waals surface area contributed by atoms with Crippen molar-refractivity contribution in [2.75, 3.05) is 26.8 Å². The van der Waals surface area contributed by atoms with E-state index in [4.69, 9.17) is 19.2 Å². The summed E-state index contributed by atoms with van der Waals surface area (Å²) in [6.45, 7) is 5.13. The number of nitrogens with zero attached hydrogens (tertiary/aromatic N) is 1. The number of para-hydroxylation sites is 2. The average molecular weight is 497 g/mol. The standard InChI is InChI=1S/C21H27N3O3.HI/c1-3-22-21(23-12-16-8-4-5-9-17(16)14-25-2)24-13-18-15-26-19-10-6-7-11-20(19)27-18;/h4-11,18H,3,12-15H2,1-2H3,(H2,22,23,24);1H. The van der Waals surface area contributed by atoms with Crippen LogP contribution in [-0.2, 0) is 17.9 Å². The minimum absolute atomic E-state index is 0. The molecule has 1 aliphatic heterocycles. The highest BCUT2D eigenvalue weighted by Gasteiger charge is 2.20. The molecule has 0 fully saturated rings. The van der Waals surface area contributed by atoms with Gasteiger partial charge in [0.1, 0.15) is 12.7 Å². The lowest BCUT2D eigenvalue weighted by Gasteiger charge is -2.27. The molecule has 1 unspecified atom stereocenters. The summed E-state index contributed by atoms with van der Waals surface area (Å²) < 4.78 is 17.0. The van der Waals surface area contributed by atoms with Gasteiger partial charge >= 0.3 is 0 Å². The molecule has 2 N–H and O–H groups in total. The van der Waals surface area contributed by atoms with E-state index in [1.807, 2.05) is 43.3 Å². The number of aliphatic imine (C=N–C) groups is 1. The Hall–Kier alpha value is -2.00. The highest BCUT2D eigenvalue weighted by molar-refractivity contribution is 14.0. The molecule has 0 aromatic heterocycles. The van der Waals surface area contributed by atoms with Crippen LogP contribution in [0.3, 0.4) is 0 Å². The zero-order valence-electron chi connectivity index (χ0n) is 16.3. The maximum Gasteiger partial charge on any atom is 0.191 e. The highest BCUT2D eigenvalue weighted by Crippen LogP contribution is 2.30. The van der Waals surface area contributed by atoms with E-state index in [9.17, 15) is 0 Å². The molecule has 28 heavy (non-hydrogen) atoms. The Labute approximate surface area is 183 Å². The molecule has 2 aromatic carbocycles. The van der Waals surface area contributed by atoms with Crippen molar-refractivity contribution >= 4 is 29.9 Å². The van der Waals surface area contributed by atoms with Gasteiger partial charge in [0.15, 0.2) is 17.5 Å². The Morgan fingerprint density at radius 1 is 1.07 bits per heavy atom. The lowest BCUT2D eigenvalue weighted by atomic mass is 10.1. The molecule has 0 radical (unpaired) electrons. The van der Waals surface area contributed by atoms with Crippen LogP contribution < -0.4 is 20.1 Å². The monoisotopic (exact) mass is 497 g/mol. The minimum Gasteiger partial charge on any atom is -0.486 e. The van der Waals surface area contributed by atoms with E-state index >= 15 is 0 Å². The first-order valence-electron chi connectivity index (χ1n) is 9.26. The SMILES string of the molecule is CCNC(=NCc1ccccc1COC)NCC1COc2ccccc2O1.I. The first kappa shape index (κ1) is 22.3. The maximum atomic E-state index is 5.99. The minimum atomic E-state index is -0.0652. The second-order valence-electron chi connectivity index (χ2n) is 6.28. The van der Waals surface area contributed by atoms with Crippen LogP contribution in [-0.4, -0.2) is 38.9 Å². The number of nitrogens with one attached hydrogen (secondary N) is 2. The first-order valence-corrected chi connectivity index (χ1v) is 9.26. The van der Waals surface area contributed by atoms with Gasteiger partial charge in [0.05, 0.1) is 19.7 Å². The molecule has 3 rings (SSSR count). The van der Waals surface area contributed by atoms with E-state index in [0.29, 0.717) is 26.3 Å². The lowest BCUT2D eigenvalue weighted by molar-refractivity contribution is 0.0936. The number of benzene rings is 2. The number of guanidine groups is 1. The first-order chi connectivity index (χ1) is 13.3. The van der Waals surface area contributed by atoms with Crippen LogP contribution in [0, 0.1) is 0 Å². The second-order valence-corrected chi connectivity index (χ2v) is 6.28. The molecule has 0 saturated carbocycles. The number of hydrogen-bond acceptors (Lipinski definition) is 4. The highest BCUT2D eigenvalue weighted by atomic mass is 127. The third-order valence-electron chi connectivity index (χ3n) is 4.23. The van der Waals surface area contributed by atoms with Gasteiger partial charge < -0.3 is 24.8 Å². The summed E-state index contributed by atoms with van der Waals surface area (Å²) in [6.07, 6.45) is -0.0652. The molecule has 0 amide bonds. The van der Waals surface area contributed by atoms with E-state index in [2.05, 4.69) is 22.8 Å². The van der Waals surface area contributed by atoms with Gasteiger partial charge in [-0.1, -0.05) is 36.4 Å². The number of methoxy groups -OCH3 is 1. The summed E-state index contributed by atoms with van der Waals surface area (Å²) in [6, 6.07) is 15.9. The van der Waals surface area contributed by atoms with E-state index in [-0.39, 0.29) is 30.1 Å². The Kier molecular flexibility index (Phi) is 9.36. The van der Waals surface area contributed by atoms with Crippen LogP contribution in [0.15, 0.2) is 53.5 Å². The van der Waals surface area contributed by atoms with Gasteiger partial charge in [-0.15, -0.1) is 24.0 Å². The molecule has 6 nitrogen and oxygen atoms in total. The lowest BCUT2D eigenvalue weighted by Crippen LogP contribution is -2.45. The van der Waals surface area contributed by atoms with Gasteiger partial charge in [-0.25, -0.2) is 4.99 Å². The molecule has 0 bridgehead atoms. The third-order valence-corrected chi connectivity index (χ3v) is 4.23. The van der Waals surface area contributed by atoms with Gasteiger partial charge in [0.25, 0.3) is 0 Å². The van der Waals surface area contributed by atoms with Gasteiger partial charge in [0, 0.05) is 13.7 Å². The van der Waals surface area contributed by atoms with Crippen LogP contribution in [0.4, 0.5) is 0 Å². The predicted molar refractivity (Wildman–Crippen MR) is 122 cm³/mol. The topological polar surface area (TPSA) is 64.1 Å². The van der Waals surface area contributed by atoms with E-state index in [1.54, 1.807) is 7.11 Å². The molecule has 2 aromatic rings. The predicted octanol–water partition coefficient (Wildman–Crippen LogP) is 3.35. The van der Waals surface area contributed by atoms with Crippen molar-refractivity contribution in [2.24, 2.45) is 4.99 Å². The van der Waals surface area contributed by atoms with Crippen molar-refractivity contribution < 1.29 is 14.2 Å². The van der Waals surface area contributed by atoms with Crippen molar-refractivity contribution in [3.8, 4) is 11.5 Å². The third kappa shape index (κ3) is 6.27. The summed E-state index contributed by atoms with van der Waals surface area (Å²) in [4.78, 5) is 4.70. The van der Waals surface area contributed by atoms with Crippen LogP contribution in [0.25, 0.3) is 0 Å². The van der Waals surface area contributed by atoms with Crippen LogP contribution in [0.1, 0.15) is 18.1 Å². The molecule has 1 heterocycles. The van der Waals surface area contributed by atoms with E-state index in [0.717, 1.165) is 35.1 Å². The van der Waals surface area contributed by atoms with E-state index in [1.165, 1.54) is 0 Å². The number of fused-ring (bicyclic) bond motifs is 1. The Bertz CT molecular complexity index is 770.